The van der Waals surface area contributed by atoms with Gasteiger partial charge in [0.1, 0.15) is 4.90 Å². The Hall–Kier alpha value is -0.640. The Morgan fingerprint density at radius 1 is 1.86 bits per heavy atom. The molecule has 0 saturated carbocycles. The quantitative estimate of drug-likeness (QED) is 0.479. The van der Waals surface area contributed by atoms with Crippen molar-refractivity contribution >= 4 is 12.6 Å². The Morgan fingerprint density at radius 2 is 2.57 bits per heavy atom. The van der Waals surface area contributed by atoms with E-state index in [0.29, 0.717) is 4.90 Å². The summed E-state index contributed by atoms with van der Waals surface area (Å²) in [7, 11) is 0. The van der Waals surface area contributed by atoms with E-state index in [1.165, 1.54) is 6.20 Å². The van der Waals surface area contributed by atoms with Crippen LogP contribution in [0.2, 0.25) is 0 Å². The lowest BCUT2D eigenvalue weighted by molar-refractivity contribution is 0.388. The number of hydrogen-bond donors (Lipinski definition) is 2. The molecule has 0 saturated heterocycles. The molecule has 3 nitrogen and oxygen atoms in total. The van der Waals surface area contributed by atoms with Crippen LogP contribution in [0, 0.1) is 0 Å². The fourth-order valence-electron chi connectivity index (χ4n) is 0.250. The molecule has 0 radical (unpaired) electrons. The number of thiol groups is 1. The van der Waals surface area contributed by atoms with Crippen LogP contribution in [0.4, 0.5) is 0 Å². The Kier molecular flexibility index (Phi) is 0.941. The van der Waals surface area contributed by atoms with Crippen LogP contribution in [0.5, 0.6) is 0 Å². The highest BCUT2D eigenvalue weighted by atomic mass is 32.1. The Balaban J connectivity index is 3.39. The molecule has 0 amide bonds. The minimum Gasteiger partial charge on any atom is -0.338 e. The molecule has 0 bridgehead atoms. The van der Waals surface area contributed by atoms with Gasteiger partial charge in [0.05, 0.1) is 6.20 Å². The minimum atomic E-state index is -0.427. The van der Waals surface area contributed by atoms with Gasteiger partial charge in [-0.2, -0.15) is 0 Å². The van der Waals surface area contributed by atoms with Gasteiger partial charge in [0, 0.05) is 0 Å². The smallest absolute Gasteiger partial charge is 0.338 e. The molecule has 1 heterocycles. The van der Waals surface area contributed by atoms with E-state index < -0.39 is 5.63 Å². The van der Waals surface area contributed by atoms with Gasteiger partial charge in [-0.1, -0.05) is 0 Å². The number of nitrogens with one attached hydrogen (secondary N) is 1. The summed E-state index contributed by atoms with van der Waals surface area (Å²) in [6.45, 7) is 0. The Bertz CT molecular complexity index is 201. The Labute approximate surface area is 44.7 Å². The molecule has 0 atom stereocenters. The van der Waals surface area contributed by atoms with Crippen LogP contribution in [0.15, 0.2) is 20.4 Å². The molecule has 0 aliphatic carbocycles. The van der Waals surface area contributed by atoms with E-state index in [9.17, 15) is 4.79 Å². The molecule has 1 aromatic heterocycles. The van der Waals surface area contributed by atoms with E-state index in [0.717, 1.165) is 0 Å². The largest absolute Gasteiger partial charge is 0.370 e. The minimum absolute atomic E-state index is 0.306. The molecular weight excluding hydrogens is 114 g/mol. The summed E-state index contributed by atoms with van der Waals surface area (Å²) in [5.41, 5.74) is -0.427. The summed E-state index contributed by atoms with van der Waals surface area (Å²) in [6.07, 6.45) is 1.38. The second kappa shape index (κ2) is 1.46. The van der Waals surface area contributed by atoms with Crippen LogP contribution in [0.3, 0.4) is 0 Å². The third-order valence-corrected chi connectivity index (χ3v) is 0.868. The molecule has 0 unspecified atom stereocenters. The van der Waals surface area contributed by atoms with E-state index in [1.807, 2.05) is 0 Å². The molecule has 38 valence electrons. The summed E-state index contributed by atoms with van der Waals surface area (Å²) >= 11 is 3.71. The zero-order chi connectivity index (χ0) is 5.28. The molecule has 1 aromatic rings. The van der Waals surface area contributed by atoms with Crippen LogP contribution in [-0.2, 0) is 0 Å². The maximum Gasteiger partial charge on any atom is 0.370 e. The van der Waals surface area contributed by atoms with Gasteiger partial charge >= 0.3 is 5.63 Å². The normalized spacial score (nSPS) is 9.29. The third kappa shape index (κ3) is 0.691. The molecule has 0 spiro atoms. The fourth-order valence-corrected chi connectivity index (χ4v) is 0.348. The molecule has 0 aliphatic heterocycles. The first-order valence-corrected chi connectivity index (χ1v) is 2.11. The first-order chi connectivity index (χ1) is 3.30. The van der Waals surface area contributed by atoms with Gasteiger partial charge < -0.3 is 4.52 Å². The Morgan fingerprint density at radius 3 is 2.71 bits per heavy atom. The van der Waals surface area contributed by atoms with Gasteiger partial charge in [0.15, 0.2) is 0 Å². The van der Waals surface area contributed by atoms with E-state index in [4.69, 9.17) is 0 Å². The van der Waals surface area contributed by atoms with Crippen molar-refractivity contribution < 1.29 is 4.52 Å². The molecule has 0 aromatic carbocycles. The van der Waals surface area contributed by atoms with Crippen molar-refractivity contribution in [2.75, 3.05) is 0 Å². The maximum absolute atomic E-state index is 10.1. The lowest BCUT2D eigenvalue weighted by atomic mass is 10.7. The van der Waals surface area contributed by atoms with Crippen molar-refractivity contribution in [1.29, 1.82) is 0 Å². The van der Waals surface area contributed by atoms with E-state index in [1.54, 1.807) is 0 Å². The van der Waals surface area contributed by atoms with Crippen molar-refractivity contribution in [3.8, 4) is 0 Å². The summed E-state index contributed by atoms with van der Waals surface area (Å²) in [5.74, 6) is 0. The van der Waals surface area contributed by atoms with Gasteiger partial charge in [0.2, 0.25) is 0 Å². The van der Waals surface area contributed by atoms with E-state index >= 15 is 0 Å². The van der Waals surface area contributed by atoms with Crippen LogP contribution < -0.4 is 5.63 Å². The second-order valence-corrected chi connectivity index (χ2v) is 1.52. The average Bonchev–Trinajstić information content (AvgIpc) is 1.91. The first-order valence-electron chi connectivity index (χ1n) is 1.66. The average molecular weight is 117 g/mol. The summed E-state index contributed by atoms with van der Waals surface area (Å²) < 4.78 is 4.21. The predicted molar refractivity (Wildman–Crippen MR) is 26.6 cm³/mol. The summed E-state index contributed by atoms with van der Waals surface area (Å²) in [5, 5.41) is 2.23. The van der Waals surface area contributed by atoms with Gasteiger partial charge in [-0.05, 0) is 0 Å². The van der Waals surface area contributed by atoms with Gasteiger partial charge in [-0.3, -0.25) is 0 Å². The van der Waals surface area contributed by atoms with Crippen LogP contribution >= 0.6 is 12.6 Å². The number of rotatable bonds is 0. The van der Waals surface area contributed by atoms with Gasteiger partial charge in [-0.15, -0.1) is 12.6 Å². The van der Waals surface area contributed by atoms with Crippen molar-refractivity contribution in [2.45, 2.75) is 4.90 Å². The molecule has 1 rings (SSSR count). The van der Waals surface area contributed by atoms with Crippen LogP contribution in [0.25, 0.3) is 0 Å². The van der Waals surface area contributed by atoms with Gasteiger partial charge in [-0.25, -0.2) is 9.95 Å². The van der Waals surface area contributed by atoms with Crippen molar-refractivity contribution in [1.82, 2.24) is 5.16 Å². The van der Waals surface area contributed by atoms with Crippen LogP contribution in [0.1, 0.15) is 0 Å². The zero-order valence-electron chi connectivity index (χ0n) is 3.34. The predicted octanol–water partition coefficient (Wildman–Crippen LogP) is 0.257. The number of aromatic amines is 1. The van der Waals surface area contributed by atoms with Crippen molar-refractivity contribution in [3.05, 3.63) is 16.6 Å². The molecule has 1 N–H and O–H groups in total. The monoisotopic (exact) mass is 117 g/mol. The summed E-state index contributed by atoms with van der Waals surface area (Å²) in [6, 6.07) is 0. The molecule has 0 fully saturated rings. The highest BCUT2D eigenvalue weighted by Gasteiger charge is 1.90. The number of hydrogen-bond acceptors (Lipinski definition) is 3. The maximum atomic E-state index is 10.1. The van der Waals surface area contributed by atoms with Crippen molar-refractivity contribution in [3.63, 3.8) is 0 Å². The standard InChI is InChI=1S/C3H3NO2S/c5-3-2(7)1-4-6-3/h1,4,7H. The molecule has 0 aliphatic rings. The lowest BCUT2D eigenvalue weighted by Gasteiger charge is -1.60. The third-order valence-electron chi connectivity index (χ3n) is 0.556. The molecule has 4 heteroatoms. The van der Waals surface area contributed by atoms with E-state index in [2.05, 4.69) is 22.3 Å². The van der Waals surface area contributed by atoms with Gasteiger partial charge in [0.25, 0.3) is 0 Å². The second-order valence-electron chi connectivity index (χ2n) is 1.04. The lowest BCUT2D eigenvalue weighted by Crippen LogP contribution is -1.89. The summed E-state index contributed by atoms with van der Waals surface area (Å²) in [4.78, 5) is 10.5. The number of aromatic nitrogens is 1. The fraction of sp³-hybridized carbons (Fsp3) is 0. The zero-order valence-corrected chi connectivity index (χ0v) is 4.24. The highest BCUT2D eigenvalue weighted by Crippen LogP contribution is 1.90. The van der Waals surface area contributed by atoms with Crippen LogP contribution in [-0.4, -0.2) is 5.16 Å². The highest BCUT2D eigenvalue weighted by molar-refractivity contribution is 7.80. The van der Waals surface area contributed by atoms with E-state index in [-0.39, 0.29) is 0 Å². The SMILES string of the molecule is O=c1o[nH]cc1S. The molecular formula is C3H3NO2S. The van der Waals surface area contributed by atoms with Crippen molar-refractivity contribution in [2.24, 2.45) is 0 Å². The first kappa shape index (κ1) is 4.52. The number of H-pyrrole nitrogens is 1. The topological polar surface area (TPSA) is 46.0 Å². The molecule has 7 heavy (non-hydrogen) atoms.